The van der Waals surface area contributed by atoms with E-state index < -0.39 is 29.1 Å². The molecule has 0 fully saturated rings. The fraction of sp³-hybridized carbons (Fsp3) is 0. The average Bonchev–Trinajstić information content (AvgIpc) is 2.11. The molecule has 0 unspecified atom stereocenters. The molecule has 2 amide bonds. The van der Waals surface area contributed by atoms with E-state index in [-0.39, 0.29) is 0 Å². The minimum atomic E-state index is -1.27. The summed E-state index contributed by atoms with van der Waals surface area (Å²) in [6, 6.07) is 2.46. The van der Waals surface area contributed by atoms with Gasteiger partial charge in [0.2, 0.25) is 0 Å². The highest BCUT2D eigenvalue weighted by molar-refractivity contribution is 6.39. The molecule has 0 bridgehead atoms. The Hall–Kier alpha value is -1.98. The van der Waals surface area contributed by atoms with Crippen molar-refractivity contribution in [3.05, 3.63) is 29.8 Å². The lowest BCUT2D eigenvalue weighted by molar-refractivity contribution is -0.134. The van der Waals surface area contributed by atoms with E-state index >= 15 is 0 Å². The van der Waals surface area contributed by atoms with E-state index in [4.69, 9.17) is 0 Å². The number of hydrogen-bond acceptors (Lipinski definition) is 2. The smallest absolute Gasteiger partial charge is 0.313 e. The third kappa shape index (κ3) is 2.25. The maximum absolute atomic E-state index is 12.9. The third-order valence-electron chi connectivity index (χ3n) is 1.40. The second-order valence-corrected chi connectivity index (χ2v) is 2.44. The molecule has 0 atom stereocenters. The topological polar surface area (TPSA) is 72.2 Å². The summed E-state index contributed by atoms with van der Waals surface area (Å²) in [6.45, 7) is 0. The highest BCUT2D eigenvalue weighted by Gasteiger charge is 2.12. The van der Waals surface area contributed by atoms with Crippen molar-refractivity contribution < 1.29 is 18.4 Å². The Morgan fingerprint density at radius 2 is 1.93 bits per heavy atom. The van der Waals surface area contributed by atoms with Crippen molar-refractivity contribution in [2.75, 3.05) is 5.32 Å². The van der Waals surface area contributed by atoms with Crippen LogP contribution in [0.15, 0.2) is 18.2 Å². The second kappa shape index (κ2) is 3.82. The standard InChI is InChI=1S/C8H6F2N2O2/c9-4-1-2-5(10)6(3-4)12-8(14)7(11)13/h1-3H,(H2,11,13)(H,12,14). The van der Waals surface area contributed by atoms with Crippen molar-refractivity contribution in [3.63, 3.8) is 0 Å². The van der Waals surface area contributed by atoms with Crippen LogP contribution in [0.2, 0.25) is 0 Å². The van der Waals surface area contributed by atoms with E-state index in [2.05, 4.69) is 5.73 Å². The number of primary amides is 1. The molecule has 0 aliphatic rings. The highest BCUT2D eigenvalue weighted by Crippen LogP contribution is 2.14. The summed E-state index contributed by atoms with van der Waals surface area (Å²) in [6.07, 6.45) is 0. The lowest BCUT2D eigenvalue weighted by Crippen LogP contribution is -2.29. The minimum Gasteiger partial charge on any atom is -0.361 e. The Bertz CT molecular complexity index is 393. The van der Waals surface area contributed by atoms with Crippen LogP contribution in [-0.4, -0.2) is 11.8 Å². The maximum Gasteiger partial charge on any atom is 0.313 e. The summed E-state index contributed by atoms with van der Waals surface area (Å²) < 4.78 is 25.4. The molecule has 14 heavy (non-hydrogen) atoms. The Kier molecular flexibility index (Phi) is 2.76. The fourth-order valence-corrected chi connectivity index (χ4v) is 0.777. The van der Waals surface area contributed by atoms with Crippen LogP contribution >= 0.6 is 0 Å². The molecular formula is C8H6F2N2O2. The predicted molar refractivity (Wildman–Crippen MR) is 44.2 cm³/mol. The largest absolute Gasteiger partial charge is 0.361 e. The summed E-state index contributed by atoms with van der Waals surface area (Å²) in [4.78, 5) is 21.0. The monoisotopic (exact) mass is 200 g/mol. The number of nitrogens with one attached hydrogen (secondary N) is 1. The van der Waals surface area contributed by atoms with Crippen LogP contribution in [0.4, 0.5) is 14.5 Å². The second-order valence-electron chi connectivity index (χ2n) is 2.44. The van der Waals surface area contributed by atoms with Crippen molar-refractivity contribution in [1.29, 1.82) is 0 Å². The zero-order valence-electron chi connectivity index (χ0n) is 6.88. The van der Waals surface area contributed by atoms with Crippen LogP contribution in [0.5, 0.6) is 0 Å². The van der Waals surface area contributed by atoms with Crippen LogP contribution < -0.4 is 11.1 Å². The zero-order valence-corrected chi connectivity index (χ0v) is 6.88. The van der Waals surface area contributed by atoms with Crippen molar-refractivity contribution in [1.82, 2.24) is 0 Å². The molecule has 1 aromatic rings. The van der Waals surface area contributed by atoms with Crippen LogP contribution in [0.3, 0.4) is 0 Å². The minimum absolute atomic E-state index is 0.422. The van der Waals surface area contributed by atoms with Gasteiger partial charge in [0.15, 0.2) is 0 Å². The molecule has 3 N–H and O–H groups in total. The van der Waals surface area contributed by atoms with Gasteiger partial charge in [-0.3, -0.25) is 9.59 Å². The number of amides is 2. The lowest BCUT2D eigenvalue weighted by Gasteiger charge is -2.03. The van der Waals surface area contributed by atoms with Crippen molar-refractivity contribution in [2.45, 2.75) is 0 Å². The van der Waals surface area contributed by atoms with E-state index in [9.17, 15) is 18.4 Å². The van der Waals surface area contributed by atoms with Gasteiger partial charge in [-0.25, -0.2) is 8.78 Å². The number of anilines is 1. The molecule has 0 heterocycles. The van der Waals surface area contributed by atoms with E-state index in [1.54, 1.807) is 0 Å². The zero-order chi connectivity index (χ0) is 10.7. The predicted octanol–water partition coefficient (Wildman–Crippen LogP) is 0.389. The first-order valence-electron chi connectivity index (χ1n) is 3.56. The first kappa shape index (κ1) is 10.1. The van der Waals surface area contributed by atoms with Gasteiger partial charge in [-0.1, -0.05) is 0 Å². The van der Waals surface area contributed by atoms with Crippen LogP contribution in [0, 0.1) is 11.6 Å². The van der Waals surface area contributed by atoms with Gasteiger partial charge in [-0.2, -0.15) is 0 Å². The molecule has 0 saturated heterocycles. The molecule has 4 nitrogen and oxygen atoms in total. The number of carbonyl (C=O) groups excluding carboxylic acids is 2. The van der Waals surface area contributed by atoms with E-state index in [1.165, 1.54) is 0 Å². The quantitative estimate of drug-likeness (QED) is 0.643. The van der Waals surface area contributed by atoms with E-state index in [1.807, 2.05) is 5.32 Å². The lowest BCUT2D eigenvalue weighted by atomic mass is 10.3. The number of hydrogen-bond donors (Lipinski definition) is 2. The molecule has 0 aromatic heterocycles. The Morgan fingerprint density at radius 3 is 2.50 bits per heavy atom. The normalized spacial score (nSPS) is 9.57. The third-order valence-corrected chi connectivity index (χ3v) is 1.40. The summed E-state index contributed by atoms with van der Waals surface area (Å²) in [5, 5.41) is 1.82. The molecule has 1 rings (SSSR count). The first-order valence-corrected chi connectivity index (χ1v) is 3.56. The van der Waals surface area contributed by atoms with Gasteiger partial charge in [-0.05, 0) is 12.1 Å². The number of rotatable bonds is 1. The first-order chi connectivity index (χ1) is 6.50. The van der Waals surface area contributed by atoms with Gasteiger partial charge in [0, 0.05) is 6.07 Å². The number of benzene rings is 1. The molecule has 0 aliphatic carbocycles. The SMILES string of the molecule is NC(=O)C(=O)Nc1cc(F)ccc1F. The van der Waals surface area contributed by atoms with Gasteiger partial charge in [0.25, 0.3) is 0 Å². The van der Waals surface area contributed by atoms with Gasteiger partial charge < -0.3 is 11.1 Å². The molecule has 6 heteroatoms. The van der Waals surface area contributed by atoms with Gasteiger partial charge >= 0.3 is 11.8 Å². The number of halogens is 2. The van der Waals surface area contributed by atoms with Gasteiger partial charge in [-0.15, -0.1) is 0 Å². The summed E-state index contributed by atoms with van der Waals surface area (Å²) in [5.74, 6) is -4.05. The van der Waals surface area contributed by atoms with Crippen LogP contribution in [0.25, 0.3) is 0 Å². The fourth-order valence-electron chi connectivity index (χ4n) is 0.777. The Labute approximate surface area is 77.7 Å². The maximum atomic E-state index is 12.9. The van der Waals surface area contributed by atoms with Crippen LogP contribution in [-0.2, 0) is 9.59 Å². The molecule has 1 aromatic carbocycles. The number of carbonyl (C=O) groups is 2. The van der Waals surface area contributed by atoms with Crippen molar-refractivity contribution in [3.8, 4) is 0 Å². The molecule has 0 saturated carbocycles. The Balaban J connectivity index is 2.91. The molecular weight excluding hydrogens is 194 g/mol. The summed E-state index contributed by atoms with van der Waals surface area (Å²) in [5.41, 5.74) is 4.18. The average molecular weight is 200 g/mol. The molecule has 0 radical (unpaired) electrons. The summed E-state index contributed by atoms with van der Waals surface area (Å²) >= 11 is 0. The van der Waals surface area contributed by atoms with E-state index in [0.717, 1.165) is 18.2 Å². The number of nitrogens with two attached hydrogens (primary N) is 1. The Morgan fingerprint density at radius 1 is 1.29 bits per heavy atom. The molecule has 0 spiro atoms. The van der Waals surface area contributed by atoms with Crippen LogP contribution in [0.1, 0.15) is 0 Å². The van der Waals surface area contributed by atoms with Crippen molar-refractivity contribution >= 4 is 17.5 Å². The van der Waals surface area contributed by atoms with E-state index in [0.29, 0.717) is 0 Å². The molecule has 0 aliphatic heterocycles. The van der Waals surface area contributed by atoms with Gasteiger partial charge in [0.1, 0.15) is 11.6 Å². The summed E-state index contributed by atoms with van der Waals surface area (Å²) in [7, 11) is 0. The highest BCUT2D eigenvalue weighted by atomic mass is 19.1. The molecule has 74 valence electrons. The van der Waals surface area contributed by atoms with Gasteiger partial charge in [0.05, 0.1) is 5.69 Å². The van der Waals surface area contributed by atoms with Crippen molar-refractivity contribution in [2.24, 2.45) is 5.73 Å².